The summed E-state index contributed by atoms with van der Waals surface area (Å²) in [4.78, 5) is 9.93. The molecule has 9 heteroatoms. The maximum Gasteiger partial charge on any atom is 1.00 e. The second-order valence-corrected chi connectivity index (χ2v) is 2.88. The first-order valence-corrected chi connectivity index (χ1v) is 3.56. The van der Waals surface area contributed by atoms with Crippen molar-refractivity contribution in [3.05, 3.63) is 0 Å². The maximum atomic E-state index is 11.9. The molecule has 0 aliphatic carbocycles. The summed E-state index contributed by atoms with van der Waals surface area (Å²) in [6, 6.07) is 0. The monoisotopic (exact) mass is 212 g/mol. The first-order chi connectivity index (χ1) is 4.73. The molecule has 0 unspecified atom stereocenters. The summed E-state index contributed by atoms with van der Waals surface area (Å²) in [5.41, 5.74) is 0. The van der Waals surface area contributed by atoms with Crippen LogP contribution in [-0.4, -0.2) is 31.3 Å². The summed E-state index contributed by atoms with van der Waals surface area (Å²) in [6.07, 6.45) is 0. The van der Waals surface area contributed by atoms with Crippen molar-refractivity contribution in [2.75, 3.05) is 7.11 Å². The third-order valence-corrected chi connectivity index (χ3v) is 1.53. The average Bonchev–Trinajstić information content (AvgIpc) is 1.83. The Morgan fingerprint density at radius 3 is 1.92 bits per heavy atom. The predicted molar refractivity (Wildman–Crippen MR) is 26.7 cm³/mol. The number of carbonyl (C=O) groups is 1. The van der Waals surface area contributed by atoms with Crippen molar-refractivity contribution < 1.29 is 60.8 Å². The normalized spacial score (nSPS) is 11.7. The van der Waals surface area contributed by atoms with Crippen LogP contribution in [-0.2, 0) is 19.6 Å². The molecular weight excluding hydrogens is 209 g/mol. The molecule has 0 aromatic rings. The van der Waals surface area contributed by atoms with E-state index in [9.17, 15) is 26.5 Å². The number of halogens is 2. The first-order valence-electron chi connectivity index (χ1n) is 2.15. The van der Waals surface area contributed by atoms with Crippen LogP contribution in [0.2, 0.25) is 0 Å². The van der Waals surface area contributed by atoms with Gasteiger partial charge in [-0.15, -0.1) is 0 Å². The summed E-state index contributed by atoms with van der Waals surface area (Å²) in [5, 5.41) is -5.00. The summed E-state index contributed by atoms with van der Waals surface area (Å²) in [6.45, 7) is 0. The molecule has 0 rings (SSSR count). The molecule has 0 amide bonds. The first kappa shape index (κ1) is 14.7. The van der Waals surface area contributed by atoms with Gasteiger partial charge in [0.1, 0.15) is 0 Å². The topological polar surface area (TPSA) is 83.5 Å². The fourth-order valence-electron chi connectivity index (χ4n) is 0.221. The molecule has 0 N–H and O–H groups in total. The minimum Gasteiger partial charge on any atom is -0.743 e. The minimum absolute atomic E-state index is 0. The minimum atomic E-state index is -5.97. The predicted octanol–water partition coefficient (Wildman–Crippen LogP) is -3.70. The molecule has 0 radical (unpaired) electrons. The van der Waals surface area contributed by atoms with Crippen LogP contribution in [0.3, 0.4) is 0 Å². The van der Waals surface area contributed by atoms with Crippen LogP contribution in [0.5, 0.6) is 0 Å². The third kappa shape index (κ3) is 2.94. The van der Waals surface area contributed by atoms with E-state index < -0.39 is 21.3 Å². The molecule has 0 saturated heterocycles. The fourth-order valence-corrected chi connectivity index (χ4v) is 0.508. The molecule has 5 nitrogen and oxygen atoms in total. The van der Waals surface area contributed by atoms with Crippen LogP contribution in [0.15, 0.2) is 0 Å². The fraction of sp³-hybridized carbons (Fsp3) is 0.667. The molecule has 0 spiro atoms. The number of ether oxygens (including phenoxy) is 1. The number of carbonyl (C=O) groups excluding carboxylic acids is 1. The SMILES string of the molecule is COC(=O)C(F)(F)S(=O)(=O)[O-].[Na+]. The van der Waals surface area contributed by atoms with E-state index in [-0.39, 0.29) is 29.6 Å². The maximum absolute atomic E-state index is 11.9. The van der Waals surface area contributed by atoms with Crippen molar-refractivity contribution >= 4 is 16.1 Å². The van der Waals surface area contributed by atoms with Gasteiger partial charge in [0, 0.05) is 0 Å². The van der Waals surface area contributed by atoms with Gasteiger partial charge in [0.25, 0.3) is 0 Å². The molecule has 12 heavy (non-hydrogen) atoms. The van der Waals surface area contributed by atoms with Gasteiger partial charge < -0.3 is 9.29 Å². The van der Waals surface area contributed by atoms with Crippen molar-refractivity contribution in [1.82, 2.24) is 0 Å². The van der Waals surface area contributed by atoms with Crippen molar-refractivity contribution in [3.8, 4) is 0 Å². The van der Waals surface area contributed by atoms with Gasteiger partial charge in [-0.25, -0.2) is 13.2 Å². The van der Waals surface area contributed by atoms with Crippen molar-refractivity contribution in [2.24, 2.45) is 0 Å². The average molecular weight is 212 g/mol. The Kier molecular flexibility index (Phi) is 5.49. The van der Waals surface area contributed by atoms with Crippen LogP contribution in [0.25, 0.3) is 0 Å². The molecule has 66 valence electrons. The Bertz CT molecular complexity index is 260. The van der Waals surface area contributed by atoms with Gasteiger partial charge in [-0.1, -0.05) is 0 Å². The summed E-state index contributed by atoms with van der Waals surface area (Å²) >= 11 is 0. The molecule has 0 aromatic carbocycles. The van der Waals surface area contributed by atoms with E-state index in [1.54, 1.807) is 0 Å². The number of rotatable bonds is 2. The Morgan fingerprint density at radius 1 is 1.50 bits per heavy atom. The van der Waals surface area contributed by atoms with Gasteiger partial charge in [0.05, 0.1) is 7.11 Å². The Labute approximate surface area is 89.1 Å². The number of methoxy groups -OCH3 is 1. The third-order valence-electron chi connectivity index (χ3n) is 0.737. The van der Waals surface area contributed by atoms with Crippen LogP contribution in [0, 0.1) is 0 Å². The standard InChI is InChI=1S/C3H4F2O5S.Na/c1-10-2(6)3(4,5)11(7,8)9;/h1H3,(H,7,8,9);/q;+1/p-1. The zero-order valence-electron chi connectivity index (χ0n) is 6.21. The molecule has 0 atom stereocenters. The zero-order chi connectivity index (χ0) is 9.28. The molecule has 0 fully saturated rings. The molecule has 0 aliphatic rings. The number of hydrogen-bond acceptors (Lipinski definition) is 5. The van der Waals surface area contributed by atoms with Crippen LogP contribution < -0.4 is 29.6 Å². The Hall–Kier alpha value is 0.240. The van der Waals surface area contributed by atoms with E-state index in [0.717, 1.165) is 0 Å². The molecule has 0 aromatic heterocycles. The van der Waals surface area contributed by atoms with Crippen molar-refractivity contribution in [2.45, 2.75) is 5.25 Å². The van der Waals surface area contributed by atoms with E-state index in [1.165, 1.54) is 0 Å². The van der Waals surface area contributed by atoms with E-state index in [0.29, 0.717) is 7.11 Å². The second-order valence-electron chi connectivity index (χ2n) is 1.46. The van der Waals surface area contributed by atoms with Gasteiger partial charge in [0.2, 0.25) is 0 Å². The Morgan fingerprint density at radius 2 is 1.83 bits per heavy atom. The zero-order valence-corrected chi connectivity index (χ0v) is 9.02. The van der Waals surface area contributed by atoms with E-state index in [2.05, 4.69) is 4.74 Å². The van der Waals surface area contributed by atoms with Crippen LogP contribution in [0.1, 0.15) is 0 Å². The van der Waals surface area contributed by atoms with Crippen molar-refractivity contribution in [3.63, 3.8) is 0 Å². The summed E-state index contributed by atoms with van der Waals surface area (Å²) in [5.74, 6) is -2.38. The van der Waals surface area contributed by atoms with Gasteiger partial charge in [-0.2, -0.15) is 8.78 Å². The van der Waals surface area contributed by atoms with Crippen LogP contribution >= 0.6 is 0 Å². The summed E-state index contributed by atoms with van der Waals surface area (Å²) < 4.78 is 56.2. The molecule has 0 saturated carbocycles. The molecular formula is C3H3F2NaO5S. The quantitative estimate of drug-likeness (QED) is 0.267. The van der Waals surface area contributed by atoms with Gasteiger partial charge >= 0.3 is 40.8 Å². The molecule has 0 bridgehead atoms. The van der Waals surface area contributed by atoms with E-state index >= 15 is 0 Å². The summed E-state index contributed by atoms with van der Waals surface area (Å²) in [7, 11) is -5.43. The van der Waals surface area contributed by atoms with Crippen LogP contribution in [0.4, 0.5) is 8.78 Å². The molecule has 0 aliphatic heterocycles. The molecule has 0 heterocycles. The Balaban J connectivity index is 0. The second kappa shape index (κ2) is 4.47. The van der Waals surface area contributed by atoms with Gasteiger partial charge in [0.15, 0.2) is 10.1 Å². The number of esters is 1. The smallest absolute Gasteiger partial charge is 0.743 e. The van der Waals surface area contributed by atoms with E-state index in [1.807, 2.05) is 0 Å². The van der Waals surface area contributed by atoms with Gasteiger partial charge in [-0.05, 0) is 0 Å². The number of hydrogen-bond donors (Lipinski definition) is 0. The number of alkyl halides is 2. The van der Waals surface area contributed by atoms with Gasteiger partial charge in [-0.3, -0.25) is 0 Å². The van der Waals surface area contributed by atoms with Crippen molar-refractivity contribution in [1.29, 1.82) is 0 Å². The largest absolute Gasteiger partial charge is 1.00 e. The van der Waals surface area contributed by atoms with E-state index in [4.69, 9.17) is 0 Å².